The number of hydrogen-bond acceptors (Lipinski definition) is 5. The Labute approximate surface area is 138 Å². The molecule has 0 radical (unpaired) electrons. The summed E-state index contributed by atoms with van der Waals surface area (Å²) in [6.45, 7) is 2.15. The third kappa shape index (κ3) is 3.48. The molecule has 2 aromatic rings. The summed E-state index contributed by atoms with van der Waals surface area (Å²) in [7, 11) is 0. The smallest absolute Gasteiger partial charge is 0.330 e. The number of H-pyrrole nitrogens is 1. The van der Waals surface area contributed by atoms with Gasteiger partial charge in [0.1, 0.15) is 6.23 Å². The lowest BCUT2D eigenvalue weighted by Gasteiger charge is -2.17. The summed E-state index contributed by atoms with van der Waals surface area (Å²) >= 11 is 0. The number of benzene rings is 1. The van der Waals surface area contributed by atoms with E-state index >= 15 is 0 Å². The summed E-state index contributed by atoms with van der Waals surface area (Å²) in [4.78, 5) is 25.8. The molecule has 2 heterocycles. The van der Waals surface area contributed by atoms with Crippen molar-refractivity contribution < 1.29 is 9.84 Å². The molecule has 3 rings (SSSR count). The molecule has 0 saturated carbocycles. The Balaban J connectivity index is 1.73. The van der Waals surface area contributed by atoms with Crippen LogP contribution in [0.15, 0.2) is 46.1 Å². The SMILES string of the molecule is Cc1cn([C@H]2C[C@H](NCc3ccccc3)[C@@H](CO)O2)c(=O)[nH]c1=O. The van der Waals surface area contributed by atoms with Gasteiger partial charge in [-0.2, -0.15) is 0 Å². The number of rotatable bonds is 5. The summed E-state index contributed by atoms with van der Waals surface area (Å²) in [5.74, 6) is 0. The van der Waals surface area contributed by atoms with Crippen LogP contribution in [0.2, 0.25) is 0 Å². The van der Waals surface area contributed by atoms with Crippen LogP contribution >= 0.6 is 0 Å². The fourth-order valence-electron chi connectivity index (χ4n) is 2.93. The van der Waals surface area contributed by atoms with Crippen molar-refractivity contribution in [2.45, 2.75) is 38.3 Å². The molecule has 7 nitrogen and oxygen atoms in total. The molecular weight excluding hydrogens is 310 g/mol. The first-order valence-electron chi connectivity index (χ1n) is 7.94. The molecule has 1 aliphatic heterocycles. The van der Waals surface area contributed by atoms with Gasteiger partial charge in [0.15, 0.2) is 0 Å². The lowest BCUT2D eigenvalue weighted by molar-refractivity contribution is -0.0292. The number of aliphatic hydroxyl groups is 1. The first kappa shape index (κ1) is 16.6. The molecule has 7 heteroatoms. The number of nitrogens with one attached hydrogen (secondary N) is 2. The Morgan fingerprint density at radius 2 is 2.08 bits per heavy atom. The summed E-state index contributed by atoms with van der Waals surface area (Å²) in [5, 5.41) is 12.9. The molecule has 24 heavy (non-hydrogen) atoms. The van der Waals surface area contributed by atoms with E-state index in [4.69, 9.17) is 4.74 Å². The van der Waals surface area contributed by atoms with Gasteiger partial charge in [-0.3, -0.25) is 14.3 Å². The van der Waals surface area contributed by atoms with Crippen molar-refractivity contribution in [2.24, 2.45) is 0 Å². The highest BCUT2D eigenvalue weighted by Crippen LogP contribution is 2.27. The standard InChI is InChI=1S/C17H21N3O4/c1-11-9-20(17(23)19-16(11)22)15-7-13(14(10-21)24-15)18-8-12-5-3-2-4-6-12/h2-6,9,13-15,18,21H,7-8,10H2,1H3,(H,19,22,23)/t13-,14+,15+/m0/s1. The van der Waals surface area contributed by atoms with E-state index in [-0.39, 0.29) is 12.6 Å². The maximum atomic E-state index is 12.0. The Morgan fingerprint density at radius 1 is 1.33 bits per heavy atom. The third-order valence-electron chi connectivity index (χ3n) is 4.28. The van der Waals surface area contributed by atoms with Gasteiger partial charge in [-0.25, -0.2) is 4.79 Å². The Morgan fingerprint density at radius 3 is 2.79 bits per heavy atom. The minimum Gasteiger partial charge on any atom is -0.394 e. The number of aryl methyl sites for hydroxylation is 1. The summed E-state index contributed by atoms with van der Waals surface area (Å²) in [5.41, 5.74) is 0.678. The zero-order valence-corrected chi connectivity index (χ0v) is 13.4. The zero-order chi connectivity index (χ0) is 17.1. The van der Waals surface area contributed by atoms with Crippen molar-refractivity contribution in [3.8, 4) is 0 Å². The van der Waals surface area contributed by atoms with Crippen LogP contribution < -0.4 is 16.6 Å². The van der Waals surface area contributed by atoms with E-state index in [0.717, 1.165) is 5.56 Å². The Hall–Kier alpha value is -2.22. The van der Waals surface area contributed by atoms with Crippen molar-refractivity contribution >= 4 is 0 Å². The van der Waals surface area contributed by atoms with Crippen LogP contribution in [0.25, 0.3) is 0 Å². The average Bonchev–Trinajstić information content (AvgIpc) is 3.00. The number of hydrogen-bond donors (Lipinski definition) is 3. The highest BCUT2D eigenvalue weighted by molar-refractivity contribution is 5.14. The average molecular weight is 331 g/mol. The van der Waals surface area contributed by atoms with Gasteiger partial charge in [-0.15, -0.1) is 0 Å². The second-order valence-electron chi connectivity index (χ2n) is 6.00. The van der Waals surface area contributed by atoms with E-state index in [0.29, 0.717) is 18.5 Å². The molecule has 1 aliphatic rings. The fourth-order valence-corrected chi connectivity index (χ4v) is 2.93. The van der Waals surface area contributed by atoms with E-state index in [9.17, 15) is 14.7 Å². The van der Waals surface area contributed by atoms with Crippen molar-refractivity contribution in [2.75, 3.05) is 6.61 Å². The van der Waals surface area contributed by atoms with Crippen molar-refractivity contribution in [3.63, 3.8) is 0 Å². The van der Waals surface area contributed by atoms with Crippen LogP contribution in [0.1, 0.15) is 23.8 Å². The molecule has 0 unspecified atom stereocenters. The van der Waals surface area contributed by atoms with Crippen LogP contribution in [0, 0.1) is 6.92 Å². The van der Waals surface area contributed by atoms with Crippen LogP contribution in [0.5, 0.6) is 0 Å². The third-order valence-corrected chi connectivity index (χ3v) is 4.28. The van der Waals surface area contributed by atoms with Gasteiger partial charge in [0.25, 0.3) is 5.56 Å². The molecule has 3 atom stereocenters. The molecule has 1 fully saturated rings. The number of ether oxygens (including phenoxy) is 1. The minimum atomic E-state index is -0.515. The molecule has 0 aliphatic carbocycles. The quantitative estimate of drug-likeness (QED) is 0.731. The molecule has 128 valence electrons. The number of aromatic amines is 1. The molecule has 0 spiro atoms. The topological polar surface area (TPSA) is 96.3 Å². The van der Waals surface area contributed by atoms with E-state index in [2.05, 4.69) is 10.3 Å². The lowest BCUT2D eigenvalue weighted by Crippen LogP contribution is -2.37. The number of aliphatic hydroxyl groups excluding tert-OH is 1. The second-order valence-corrected chi connectivity index (χ2v) is 6.00. The molecule has 0 amide bonds. The Bertz CT molecular complexity index is 799. The van der Waals surface area contributed by atoms with Crippen molar-refractivity contribution in [3.05, 3.63) is 68.5 Å². The lowest BCUT2D eigenvalue weighted by atomic mass is 10.1. The van der Waals surface area contributed by atoms with E-state index < -0.39 is 23.6 Å². The number of nitrogens with zero attached hydrogens (tertiary/aromatic N) is 1. The van der Waals surface area contributed by atoms with Crippen LogP contribution in [-0.4, -0.2) is 33.4 Å². The largest absolute Gasteiger partial charge is 0.394 e. The Kier molecular flexibility index (Phi) is 4.94. The van der Waals surface area contributed by atoms with Crippen molar-refractivity contribution in [1.29, 1.82) is 0 Å². The number of aromatic nitrogens is 2. The molecule has 1 aromatic carbocycles. The normalized spacial score (nSPS) is 23.5. The predicted octanol–water partition coefficient (Wildman–Crippen LogP) is 0.283. The highest BCUT2D eigenvalue weighted by atomic mass is 16.5. The van der Waals surface area contributed by atoms with E-state index in [1.807, 2.05) is 30.3 Å². The second kappa shape index (κ2) is 7.12. The van der Waals surface area contributed by atoms with Crippen LogP contribution in [0.4, 0.5) is 0 Å². The van der Waals surface area contributed by atoms with Crippen LogP contribution in [0.3, 0.4) is 0 Å². The minimum absolute atomic E-state index is 0.0839. The van der Waals surface area contributed by atoms with Crippen LogP contribution in [-0.2, 0) is 11.3 Å². The first-order valence-corrected chi connectivity index (χ1v) is 7.94. The van der Waals surface area contributed by atoms with Gasteiger partial charge in [-0.05, 0) is 12.5 Å². The summed E-state index contributed by atoms with van der Waals surface area (Å²) in [6.07, 6.45) is 1.11. The van der Waals surface area contributed by atoms with Gasteiger partial charge in [0.05, 0.1) is 12.7 Å². The van der Waals surface area contributed by atoms with Crippen molar-refractivity contribution in [1.82, 2.24) is 14.9 Å². The molecule has 3 N–H and O–H groups in total. The zero-order valence-electron chi connectivity index (χ0n) is 13.4. The first-order chi connectivity index (χ1) is 11.6. The van der Waals surface area contributed by atoms with Gasteiger partial charge >= 0.3 is 5.69 Å². The molecule has 1 saturated heterocycles. The molecule has 0 bridgehead atoms. The van der Waals surface area contributed by atoms with E-state index in [1.54, 1.807) is 6.92 Å². The maximum Gasteiger partial charge on any atom is 0.330 e. The van der Waals surface area contributed by atoms with Gasteiger partial charge < -0.3 is 15.2 Å². The van der Waals surface area contributed by atoms with Gasteiger partial charge in [0, 0.05) is 30.8 Å². The van der Waals surface area contributed by atoms with E-state index in [1.165, 1.54) is 10.8 Å². The van der Waals surface area contributed by atoms with Gasteiger partial charge in [0.2, 0.25) is 0 Å². The summed E-state index contributed by atoms with van der Waals surface area (Å²) in [6, 6.07) is 9.85. The summed E-state index contributed by atoms with van der Waals surface area (Å²) < 4.78 is 7.18. The fraction of sp³-hybridized carbons (Fsp3) is 0.412. The maximum absolute atomic E-state index is 12.0. The predicted molar refractivity (Wildman–Crippen MR) is 88.7 cm³/mol. The van der Waals surface area contributed by atoms with Gasteiger partial charge in [-0.1, -0.05) is 30.3 Å². The molecule has 1 aromatic heterocycles. The molecular formula is C17H21N3O4. The highest BCUT2D eigenvalue weighted by Gasteiger charge is 2.36. The monoisotopic (exact) mass is 331 g/mol.